The standard InChI is InChI=1S/C36H47F3N2O6/c1-23-26-16-19-41(31(42)21-40(33(44)47-35(5,6)7)18-17-32(43)46-34(2,3)4)29(26)14-15-30(23)45-22-24-12-13-27(25-10-8-9-11-25)28(20-24)36(37,38)39/h12-15,20,25H,8-11,16-19,21-22H2,1-7H3. The molecule has 1 fully saturated rings. The van der Waals surface area contributed by atoms with E-state index < -0.39 is 35.0 Å². The van der Waals surface area contributed by atoms with Gasteiger partial charge in [0.2, 0.25) is 5.91 Å². The van der Waals surface area contributed by atoms with Gasteiger partial charge in [0.15, 0.2) is 0 Å². The second-order valence-corrected chi connectivity index (χ2v) is 14.4. The van der Waals surface area contributed by atoms with E-state index in [4.69, 9.17) is 14.2 Å². The summed E-state index contributed by atoms with van der Waals surface area (Å²) in [6.07, 6.45) is -1.26. The first-order valence-electron chi connectivity index (χ1n) is 16.3. The molecule has 2 aliphatic rings. The number of esters is 1. The zero-order valence-electron chi connectivity index (χ0n) is 28.5. The van der Waals surface area contributed by atoms with Gasteiger partial charge in [-0.05, 0) is 114 Å². The number of rotatable bonds is 9. The molecule has 0 bridgehead atoms. The Hall–Kier alpha value is -3.76. The van der Waals surface area contributed by atoms with Crippen LogP contribution in [0.2, 0.25) is 0 Å². The second-order valence-electron chi connectivity index (χ2n) is 14.4. The predicted molar refractivity (Wildman–Crippen MR) is 172 cm³/mol. The van der Waals surface area contributed by atoms with Gasteiger partial charge >= 0.3 is 18.2 Å². The second kappa shape index (κ2) is 14.2. The topological polar surface area (TPSA) is 85.4 Å². The number of ether oxygens (including phenoxy) is 3. The number of carbonyl (C=O) groups excluding carboxylic acids is 3. The number of anilines is 1. The third kappa shape index (κ3) is 9.64. The summed E-state index contributed by atoms with van der Waals surface area (Å²) in [7, 11) is 0. The summed E-state index contributed by atoms with van der Waals surface area (Å²) in [5, 5.41) is 0. The highest BCUT2D eigenvalue weighted by Crippen LogP contribution is 2.42. The Labute approximate surface area is 275 Å². The first-order chi connectivity index (χ1) is 21.8. The predicted octanol–water partition coefficient (Wildman–Crippen LogP) is 8.11. The van der Waals surface area contributed by atoms with Gasteiger partial charge in [-0.15, -0.1) is 0 Å². The fourth-order valence-corrected chi connectivity index (χ4v) is 6.17. The molecule has 4 rings (SSSR count). The van der Waals surface area contributed by atoms with Gasteiger partial charge in [0.1, 0.15) is 30.1 Å². The molecular formula is C36H47F3N2O6. The normalized spacial score (nSPS) is 15.4. The maximum Gasteiger partial charge on any atom is 0.416 e. The van der Waals surface area contributed by atoms with Crippen molar-refractivity contribution >= 4 is 23.7 Å². The summed E-state index contributed by atoms with van der Waals surface area (Å²) in [4.78, 5) is 41.7. The van der Waals surface area contributed by atoms with Crippen LogP contribution in [0.3, 0.4) is 0 Å². The number of nitrogens with zero attached hydrogens (tertiary/aromatic N) is 2. The van der Waals surface area contributed by atoms with Gasteiger partial charge in [0.25, 0.3) is 0 Å². The summed E-state index contributed by atoms with van der Waals surface area (Å²) < 4.78 is 58.8. The summed E-state index contributed by atoms with van der Waals surface area (Å²) in [6, 6.07) is 7.99. The van der Waals surface area contributed by atoms with Crippen LogP contribution in [-0.4, -0.2) is 53.7 Å². The SMILES string of the molecule is Cc1c(OCc2ccc(C3CCCC3)c(C(F)(F)F)c2)ccc2c1CCN2C(=O)CN(CCC(=O)OC(C)(C)C)C(=O)OC(C)(C)C. The lowest BCUT2D eigenvalue weighted by Crippen LogP contribution is -2.45. The van der Waals surface area contributed by atoms with E-state index in [0.717, 1.165) is 36.8 Å². The lowest BCUT2D eigenvalue weighted by atomic mass is 9.91. The molecule has 0 N–H and O–H groups in total. The van der Waals surface area contributed by atoms with Crippen molar-refractivity contribution in [2.45, 2.75) is 117 Å². The van der Waals surface area contributed by atoms with E-state index in [2.05, 4.69) is 0 Å². The smallest absolute Gasteiger partial charge is 0.416 e. The third-order valence-electron chi connectivity index (χ3n) is 8.30. The van der Waals surface area contributed by atoms with E-state index in [0.29, 0.717) is 35.5 Å². The molecule has 0 atom stereocenters. The van der Waals surface area contributed by atoms with Crippen LogP contribution in [-0.2, 0) is 38.3 Å². The van der Waals surface area contributed by atoms with E-state index in [-0.39, 0.29) is 37.9 Å². The molecule has 0 spiro atoms. The molecule has 0 aromatic heterocycles. The molecule has 1 aliphatic heterocycles. The third-order valence-corrected chi connectivity index (χ3v) is 8.30. The van der Waals surface area contributed by atoms with E-state index in [1.807, 2.05) is 6.92 Å². The number of halogens is 3. The molecule has 1 saturated carbocycles. The lowest BCUT2D eigenvalue weighted by molar-refractivity contribution is -0.155. The number of alkyl halides is 3. The van der Waals surface area contributed by atoms with Crippen molar-refractivity contribution in [3.05, 3.63) is 58.1 Å². The fourth-order valence-electron chi connectivity index (χ4n) is 6.17. The Morgan fingerprint density at radius 2 is 1.60 bits per heavy atom. The monoisotopic (exact) mass is 660 g/mol. The van der Waals surface area contributed by atoms with Crippen LogP contribution < -0.4 is 9.64 Å². The molecular weight excluding hydrogens is 613 g/mol. The highest BCUT2D eigenvalue weighted by atomic mass is 19.4. The van der Waals surface area contributed by atoms with Crippen LogP contribution in [0.4, 0.5) is 23.7 Å². The maximum atomic E-state index is 14.0. The average molecular weight is 661 g/mol. The van der Waals surface area contributed by atoms with Crippen molar-refractivity contribution < 1.29 is 41.8 Å². The molecule has 2 aromatic rings. The minimum Gasteiger partial charge on any atom is -0.489 e. The van der Waals surface area contributed by atoms with Gasteiger partial charge < -0.3 is 19.1 Å². The summed E-state index contributed by atoms with van der Waals surface area (Å²) in [5.41, 5.74) is 1.09. The van der Waals surface area contributed by atoms with Crippen LogP contribution in [0.25, 0.3) is 0 Å². The minimum atomic E-state index is -4.44. The van der Waals surface area contributed by atoms with Gasteiger partial charge in [-0.1, -0.05) is 25.0 Å². The van der Waals surface area contributed by atoms with Crippen molar-refractivity contribution in [2.75, 3.05) is 24.5 Å². The van der Waals surface area contributed by atoms with Gasteiger partial charge in [0.05, 0.1) is 12.0 Å². The first-order valence-corrected chi connectivity index (χ1v) is 16.3. The van der Waals surface area contributed by atoms with Crippen molar-refractivity contribution in [3.63, 3.8) is 0 Å². The Morgan fingerprint density at radius 3 is 2.21 bits per heavy atom. The first kappa shape index (κ1) is 36.1. The zero-order chi connectivity index (χ0) is 34.7. The molecule has 8 nitrogen and oxygen atoms in total. The molecule has 0 saturated heterocycles. The molecule has 2 amide bonds. The Kier molecular flexibility index (Phi) is 10.9. The molecule has 258 valence electrons. The van der Waals surface area contributed by atoms with Crippen LogP contribution in [0.15, 0.2) is 30.3 Å². The molecule has 47 heavy (non-hydrogen) atoms. The van der Waals surface area contributed by atoms with Crippen LogP contribution >= 0.6 is 0 Å². The largest absolute Gasteiger partial charge is 0.489 e. The van der Waals surface area contributed by atoms with Gasteiger partial charge in [-0.2, -0.15) is 13.2 Å². The number of amides is 2. The van der Waals surface area contributed by atoms with Crippen molar-refractivity contribution in [1.29, 1.82) is 0 Å². The van der Waals surface area contributed by atoms with Crippen molar-refractivity contribution in [1.82, 2.24) is 4.90 Å². The van der Waals surface area contributed by atoms with Gasteiger partial charge in [0, 0.05) is 18.8 Å². The number of fused-ring (bicyclic) bond motifs is 1. The molecule has 0 unspecified atom stereocenters. The lowest BCUT2D eigenvalue weighted by Gasteiger charge is -2.29. The highest BCUT2D eigenvalue weighted by Gasteiger charge is 2.36. The fraction of sp³-hybridized carbons (Fsp3) is 0.583. The van der Waals surface area contributed by atoms with E-state index in [1.165, 1.54) is 11.0 Å². The molecule has 0 radical (unpaired) electrons. The molecule has 1 heterocycles. The van der Waals surface area contributed by atoms with Crippen LogP contribution in [0.1, 0.15) is 107 Å². The molecule has 1 aliphatic carbocycles. The van der Waals surface area contributed by atoms with Crippen molar-refractivity contribution in [3.8, 4) is 5.75 Å². The van der Waals surface area contributed by atoms with Gasteiger partial charge in [-0.25, -0.2) is 4.79 Å². The van der Waals surface area contributed by atoms with Crippen LogP contribution in [0.5, 0.6) is 5.75 Å². The number of carbonyl (C=O) groups is 3. The highest BCUT2D eigenvalue weighted by molar-refractivity contribution is 5.98. The minimum absolute atomic E-state index is 0.0290. The van der Waals surface area contributed by atoms with Crippen molar-refractivity contribution in [2.24, 2.45) is 0 Å². The number of benzene rings is 2. The Bertz CT molecular complexity index is 1470. The number of hydrogen-bond donors (Lipinski definition) is 0. The van der Waals surface area contributed by atoms with Crippen LogP contribution in [0, 0.1) is 6.92 Å². The van der Waals surface area contributed by atoms with Gasteiger partial charge in [-0.3, -0.25) is 14.5 Å². The average Bonchev–Trinajstić information content (AvgIpc) is 3.63. The number of hydrogen-bond acceptors (Lipinski definition) is 6. The molecule has 11 heteroatoms. The van der Waals surface area contributed by atoms with E-state index in [9.17, 15) is 27.6 Å². The zero-order valence-corrected chi connectivity index (χ0v) is 28.5. The summed E-state index contributed by atoms with van der Waals surface area (Å²) in [5.74, 6) is -0.368. The summed E-state index contributed by atoms with van der Waals surface area (Å²) >= 11 is 0. The molecule has 2 aromatic carbocycles. The Morgan fingerprint density at radius 1 is 0.936 bits per heavy atom. The summed E-state index contributed by atoms with van der Waals surface area (Å²) in [6.45, 7) is 12.3. The quantitative estimate of drug-likeness (QED) is 0.253. The van der Waals surface area contributed by atoms with E-state index in [1.54, 1.807) is 70.7 Å². The Balaban J connectivity index is 1.46. The van der Waals surface area contributed by atoms with E-state index >= 15 is 0 Å². The maximum absolute atomic E-state index is 14.0.